The number of halogens is 9. The van der Waals surface area contributed by atoms with Gasteiger partial charge in [-0.3, -0.25) is 0 Å². The molecule has 0 amide bonds. The number of unbranched alkanes of at least 4 members (excludes halogenated alkanes) is 2. The Balaban J connectivity index is 1.74. The van der Waals surface area contributed by atoms with Gasteiger partial charge in [-0.25, -0.2) is 17.6 Å². The third kappa shape index (κ3) is 7.64. The van der Waals surface area contributed by atoms with Crippen molar-refractivity contribution in [1.29, 1.82) is 0 Å². The fourth-order valence-electron chi connectivity index (χ4n) is 3.77. The van der Waals surface area contributed by atoms with Gasteiger partial charge in [0, 0.05) is 23.1 Å². The standard InChI is InChI=1S/C25H23F9O3/c1-2-3-4-5-14-12-35-23(36-13-14)15-8-19(27)22(20(28)9-15)25(33,34)37-16-6-7-17(18(26)10-16)21(29)11-24(30,31)32/h6-11,14,23H,2-5,12-13H2,1H3. The molecule has 0 unspecified atom stereocenters. The molecule has 0 saturated carbocycles. The van der Waals surface area contributed by atoms with Crippen LogP contribution in [0.1, 0.15) is 55.6 Å². The fourth-order valence-corrected chi connectivity index (χ4v) is 3.77. The molecule has 0 radical (unpaired) electrons. The lowest BCUT2D eigenvalue weighted by atomic mass is 10.0. The number of hydrogen-bond donors (Lipinski definition) is 0. The van der Waals surface area contributed by atoms with Crippen LogP contribution in [0, 0.1) is 23.4 Å². The highest BCUT2D eigenvalue weighted by Gasteiger charge is 2.42. The Kier molecular flexibility index (Phi) is 9.17. The molecule has 3 nitrogen and oxygen atoms in total. The van der Waals surface area contributed by atoms with Crippen LogP contribution in [0.25, 0.3) is 5.83 Å². The zero-order chi connectivity index (χ0) is 27.4. The van der Waals surface area contributed by atoms with Gasteiger partial charge in [-0.1, -0.05) is 26.2 Å². The van der Waals surface area contributed by atoms with E-state index in [1.807, 2.05) is 0 Å². The molecule has 0 spiro atoms. The Hall–Kier alpha value is -2.73. The Labute approximate surface area is 206 Å². The number of ether oxygens (including phenoxy) is 3. The smallest absolute Gasteiger partial charge is 0.429 e. The van der Waals surface area contributed by atoms with E-state index in [2.05, 4.69) is 11.7 Å². The predicted octanol–water partition coefficient (Wildman–Crippen LogP) is 8.35. The van der Waals surface area contributed by atoms with E-state index >= 15 is 0 Å². The maximum Gasteiger partial charge on any atom is 0.432 e. The molecular formula is C25H23F9O3. The highest BCUT2D eigenvalue weighted by atomic mass is 19.4. The molecule has 3 rings (SSSR count). The normalized spacial score (nSPS) is 19.2. The number of allylic oxidation sites excluding steroid dienone is 1. The lowest BCUT2D eigenvalue weighted by Crippen LogP contribution is -2.28. The van der Waals surface area contributed by atoms with Crippen molar-refractivity contribution in [1.82, 2.24) is 0 Å². The second-order valence-corrected chi connectivity index (χ2v) is 8.51. The summed E-state index contributed by atoms with van der Waals surface area (Å²) in [5.41, 5.74) is -3.14. The molecule has 204 valence electrons. The van der Waals surface area contributed by atoms with E-state index in [0.29, 0.717) is 24.3 Å². The van der Waals surface area contributed by atoms with Gasteiger partial charge in [0.05, 0.1) is 19.3 Å². The van der Waals surface area contributed by atoms with Crippen molar-refractivity contribution in [3.63, 3.8) is 0 Å². The molecule has 1 aliphatic heterocycles. The Morgan fingerprint density at radius 3 is 2.11 bits per heavy atom. The lowest BCUT2D eigenvalue weighted by molar-refractivity contribution is -0.206. The van der Waals surface area contributed by atoms with E-state index in [9.17, 15) is 39.5 Å². The van der Waals surface area contributed by atoms with Crippen molar-refractivity contribution >= 4 is 5.83 Å². The predicted molar refractivity (Wildman–Crippen MR) is 115 cm³/mol. The molecule has 2 aromatic rings. The van der Waals surface area contributed by atoms with Crippen LogP contribution in [0.4, 0.5) is 39.5 Å². The minimum Gasteiger partial charge on any atom is -0.429 e. The molecule has 2 aromatic carbocycles. The summed E-state index contributed by atoms with van der Waals surface area (Å²) in [6.07, 6.45) is -7.86. The van der Waals surface area contributed by atoms with Crippen molar-refractivity contribution in [2.75, 3.05) is 13.2 Å². The quantitative estimate of drug-likeness (QED) is 0.236. The van der Waals surface area contributed by atoms with Gasteiger partial charge in [-0.05, 0) is 30.7 Å². The Morgan fingerprint density at radius 2 is 1.57 bits per heavy atom. The molecule has 37 heavy (non-hydrogen) atoms. The summed E-state index contributed by atoms with van der Waals surface area (Å²) >= 11 is 0. The summed E-state index contributed by atoms with van der Waals surface area (Å²) < 4.78 is 138. The molecule has 12 heteroatoms. The first-order valence-corrected chi connectivity index (χ1v) is 11.3. The van der Waals surface area contributed by atoms with Gasteiger partial charge in [0.1, 0.15) is 34.6 Å². The zero-order valence-electron chi connectivity index (χ0n) is 19.5. The summed E-state index contributed by atoms with van der Waals surface area (Å²) in [4.78, 5) is 0. The van der Waals surface area contributed by atoms with Gasteiger partial charge in [0.2, 0.25) is 0 Å². The topological polar surface area (TPSA) is 27.7 Å². The monoisotopic (exact) mass is 542 g/mol. The van der Waals surface area contributed by atoms with Gasteiger partial charge in [0.25, 0.3) is 0 Å². The second-order valence-electron chi connectivity index (χ2n) is 8.51. The van der Waals surface area contributed by atoms with Crippen molar-refractivity contribution < 1.29 is 53.7 Å². The lowest BCUT2D eigenvalue weighted by Gasteiger charge is -2.30. The van der Waals surface area contributed by atoms with Crippen LogP contribution < -0.4 is 4.74 Å². The SMILES string of the molecule is CCCCCC1COC(c2cc(F)c(C(F)(F)Oc3ccc(C(F)=CC(F)(F)F)c(F)c3)c(F)c2)OC1. The highest BCUT2D eigenvalue weighted by Crippen LogP contribution is 2.38. The van der Waals surface area contributed by atoms with E-state index in [0.717, 1.165) is 25.7 Å². The third-order valence-corrected chi connectivity index (χ3v) is 5.54. The molecule has 0 bridgehead atoms. The molecule has 1 heterocycles. The molecule has 1 aliphatic rings. The largest absolute Gasteiger partial charge is 0.432 e. The average molecular weight is 542 g/mol. The highest BCUT2D eigenvalue weighted by molar-refractivity contribution is 5.61. The van der Waals surface area contributed by atoms with Crippen molar-refractivity contribution in [3.8, 4) is 5.75 Å². The maximum absolute atomic E-state index is 14.6. The molecule has 0 atom stereocenters. The molecular weight excluding hydrogens is 519 g/mol. The van der Waals surface area contributed by atoms with E-state index in [-0.39, 0.29) is 30.8 Å². The van der Waals surface area contributed by atoms with Gasteiger partial charge in [-0.2, -0.15) is 22.0 Å². The van der Waals surface area contributed by atoms with Crippen LogP contribution >= 0.6 is 0 Å². The molecule has 1 saturated heterocycles. The van der Waals surface area contributed by atoms with Crippen molar-refractivity contribution in [2.24, 2.45) is 5.92 Å². The maximum atomic E-state index is 14.6. The zero-order valence-corrected chi connectivity index (χ0v) is 19.5. The number of benzene rings is 2. The minimum absolute atomic E-state index is 0.0960. The van der Waals surface area contributed by atoms with Gasteiger partial charge < -0.3 is 14.2 Å². The summed E-state index contributed by atoms with van der Waals surface area (Å²) in [7, 11) is 0. The first-order valence-electron chi connectivity index (χ1n) is 11.3. The van der Waals surface area contributed by atoms with Crippen LogP contribution in [-0.2, 0) is 15.6 Å². The first-order chi connectivity index (χ1) is 17.3. The first kappa shape index (κ1) is 28.8. The van der Waals surface area contributed by atoms with Crippen molar-refractivity contribution in [2.45, 2.75) is 51.2 Å². The number of alkyl halides is 5. The number of hydrogen-bond acceptors (Lipinski definition) is 3. The van der Waals surface area contributed by atoms with Gasteiger partial charge >= 0.3 is 12.3 Å². The van der Waals surface area contributed by atoms with Gasteiger partial charge in [-0.15, -0.1) is 0 Å². The minimum atomic E-state index is -5.09. The molecule has 0 aliphatic carbocycles. The number of rotatable bonds is 9. The summed E-state index contributed by atoms with van der Waals surface area (Å²) in [6, 6.07) is 2.30. The van der Waals surface area contributed by atoms with E-state index < -0.39 is 64.8 Å². The van der Waals surface area contributed by atoms with Crippen molar-refractivity contribution in [3.05, 3.63) is 70.5 Å². The average Bonchev–Trinajstić information content (AvgIpc) is 2.77. The third-order valence-electron chi connectivity index (χ3n) is 5.54. The van der Waals surface area contributed by atoms with Crippen LogP contribution in [0.3, 0.4) is 0 Å². The van der Waals surface area contributed by atoms with E-state index in [1.54, 1.807) is 0 Å². The summed E-state index contributed by atoms with van der Waals surface area (Å²) in [6.45, 7) is 2.58. The molecule has 0 N–H and O–H groups in total. The van der Waals surface area contributed by atoms with Gasteiger partial charge in [0.15, 0.2) is 6.29 Å². The fraction of sp³-hybridized carbons (Fsp3) is 0.440. The summed E-state index contributed by atoms with van der Waals surface area (Å²) in [5.74, 6) is -7.99. The van der Waals surface area contributed by atoms with Crippen LogP contribution in [0.15, 0.2) is 36.4 Å². The summed E-state index contributed by atoms with van der Waals surface area (Å²) in [5, 5.41) is 0. The Morgan fingerprint density at radius 1 is 0.946 bits per heavy atom. The Bertz CT molecular complexity index is 1080. The van der Waals surface area contributed by atoms with E-state index in [4.69, 9.17) is 9.47 Å². The van der Waals surface area contributed by atoms with E-state index in [1.165, 1.54) is 0 Å². The molecule has 0 aromatic heterocycles. The molecule has 1 fully saturated rings. The van der Waals surface area contributed by atoms with Crippen LogP contribution in [0.2, 0.25) is 0 Å². The second kappa shape index (κ2) is 11.8. The van der Waals surface area contributed by atoms with Crippen LogP contribution in [0.5, 0.6) is 5.75 Å². The van der Waals surface area contributed by atoms with Crippen LogP contribution in [-0.4, -0.2) is 19.4 Å².